The molecular weight excluding hydrogens is 358 g/mol. The molecule has 2 heterocycles. The summed E-state index contributed by atoms with van der Waals surface area (Å²) >= 11 is 11.3. The van der Waals surface area contributed by atoms with E-state index >= 15 is 0 Å². The maximum atomic E-state index is 6.16. The lowest BCUT2D eigenvalue weighted by atomic mass is 10.0. The third-order valence-electron chi connectivity index (χ3n) is 3.92. The van der Waals surface area contributed by atoms with Gasteiger partial charge in [-0.1, -0.05) is 11.6 Å². The lowest BCUT2D eigenvalue weighted by Gasteiger charge is -2.44. The summed E-state index contributed by atoms with van der Waals surface area (Å²) in [5, 5.41) is 0. The van der Waals surface area contributed by atoms with Gasteiger partial charge in [0, 0.05) is 47.6 Å². The van der Waals surface area contributed by atoms with Crippen molar-refractivity contribution in [1.82, 2.24) is 9.80 Å². The van der Waals surface area contributed by atoms with Gasteiger partial charge < -0.3 is 5.73 Å². The van der Waals surface area contributed by atoms with Crippen LogP contribution in [0.4, 0.5) is 0 Å². The molecule has 2 N–H and O–H groups in total. The van der Waals surface area contributed by atoms with Crippen molar-refractivity contribution in [2.75, 3.05) is 32.7 Å². The van der Waals surface area contributed by atoms with Gasteiger partial charge in [-0.2, -0.15) is 0 Å². The zero-order valence-electron chi connectivity index (χ0n) is 12.3. The van der Waals surface area contributed by atoms with E-state index in [0.717, 1.165) is 35.0 Å². The molecule has 6 heteroatoms. The topological polar surface area (TPSA) is 32.5 Å². The number of hydrogen-bond donors (Lipinski definition) is 1. The van der Waals surface area contributed by atoms with E-state index in [0.29, 0.717) is 6.54 Å². The highest BCUT2D eigenvalue weighted by Gasteiger charge is 2.30. The van der Waals surface area contributed by atoms with Gasteiger partial charge in [0.05, 0.1) is 6.04 Å². The summed E-state index contributed by atoms with van der Waals surface area (Å²) in [7, 11) is 0. The van der Waals surface area contributed by atoms with E-state index < -0.39 is 0 Å². The molecule has 0 amide bonds. The number of rotatable bonds is 3. The van der Waals surface area contributed by atoms with Crippen molar-refractivity contribution in [2.24, 2.45) is 5.73 Å². The van der Waals surface area contributed by atoms with Gasteiger partial charge in [0.25, 0.3) is 0 Å². The van der Waals surface area contributed by atoms with Crippen LogP contribution in [0.15, 0.2) is 10.5 Å². The Morgan fingerprint density at radius 1 is 1.35 bits per heavy atom. The lowest BCUT2D eigenvalue weighted by Crippen LogP contribution is -2.54. The Morgan fingerprint density at radius 3 is 2.35 bits per heavy atom. The molecule has 1 aromatic rings. The summed E-state index contributed by atoms with van der Waals surface area (Å²) in [6, 6.07) is 2.40. The molecule has 114 valence electrons. The number of thiophene rings is 1. The minimum atomic E-state index is 0.250. The molecule has 1 aromatic heterocycles. The first-order chi connectivity index (χ1) is 9.32. The number of hydrogen-bond acceptors (Lipinski definition) is 4. The predicted molar refractivity (Wildman–Crippen MR) is 91.7 cm³/mol. The first-order valence-electron chi connectivity index (χ1n) is 6.97. The van der Waals surface area contributed by atoms with Crippen LogP contribution in [-0.4, -0.2) is 48.1 Å². The molecule has 0 spiro atoms. The second-order valence-electron chi connectivity index (χ2n) is 6.22. The maximum Gasteiger partial charge on any atom is 0.107 e. The van der Waals surface area contributed by atoms with Gasteiger partial charge in [0.15, 0.2) is 0 Å². The molecule has 20 heavy (non-hydrogen) atoms. The molecule has 0 bridgehead atoms. The summed E-state index contributed by atoms with van der Waals surface area (Å²) in [6.45, 7) is 11.8. The lowest BCUT2D eigenvalue weighted by molar-refractivity contribution is 0.0440. The average Bonchev–Trinajstić information content (AvgIpc) is 2.70. The van der Waals surface area contributed by atoms with Crippen molar-refractivity contribution in [3.8, 4) is 0 Å². The van der Waals surface area contributed by atoms with Crippen molar-refractivity contribution in [2.45, 2.75) is 32.4 Å². The Kier molecular flexibility index (Phi) is 5.54. The van der Waals surface area contributed by atoms with Gasteiger partial charge in [-0.3, -0.25) is 9.80 Å². The highest BCUT2D eigenvalue weighted by atomic mass is 79.9. The molecule has 0 saturated carbocycles. The predicted octanol–water partition coefficient (Wildman–Crippen LogP) is 3.58. The summed E-state index contributed by atoms with van der Waals surface area (Å²) in [4.78, 5) is 6.28. The van der Waals surface area contributed by atoms with E-state index in [1.165, 1.54) is 4.88 Å². The first-order valence-corrected chi connectivity index (χ1v) is 8.95. The zero-order chi connectivity index (χ0) is 14.9. The standard InChI is InChI=1S/C14H23BrClN3S/c1-14(2,3)19-6-4-18(5-7-19)11(9-17)12-8-10(15)13(16)20-12/h8,11H,4-7,9,17H2,1-3H3. The van der Waals surface area contributed by atoms with Crippen LogP contribution >= 0.6 is 38.9 Å². The van der Waals surface area contributed by atoms with Crippen LogP contribution in [0, 0.1) is 0 Å². The molecule has 0 aliphatic carbocycles. The molecule has 1 aliphatic rings. The van der Waals surface area contributed by atoms with Crippen molar-refractivity contribution in [1.29, 1.82) is 0 Å². The van der Waals surface area contributed by atoms with E-state index in [4.69, 9.17) is 17.3 Å². The van der Waals surface area contributed by atoms with Gasteiger partial charge in [-0.05, 0) is 42.8 Å². The number of nitrogens with two attached hydrogens (primary N) is 1. The molecule has 1 unspecified atom stereocenters. The Bertz CT molecular complexity index is 430. The van der Waals surface area contributed by atoms with Gasteiger partial charge in [0.2, 0.25) is 0 Å². The van der Waals surface area contributed by atoms with E-state index in [1.54, 1.807) is 11.3 Å². The number of nitrogens with zero attached hydrogens (tertiary/aromatic N) is 2. The summed E-state index contributed by atoms with van der Waals surface area (Å²) in [5.74, 6) is 0. The Labute approximate surface area is 139 Å². The van der Waals surface area contributed by atoms with Gasteiger partial charge in [-0.15, -0.1) is 11.3 Å². The van der Waals surface area contributed by atoms with Crippen molar-refractivity contribution >= 4 is 38.9 Å². The number of piperazine rings is 1. The Morgan fingerprint density at radius 2 is 1.95 bits per heavy atom. The molecule has 0 aromatic carbocycles. The molecule has 1 aliphatic heterocycles. The van der Waals surface area contributed by atoms with Gasteiger partial charge in [0.1, 0.15) is 4.34 Å². The quantitative estimate of drug-likeness (QED) is 0.870. The van der Waals surface area contributed by atoms with Gasteiger partial charge in [-0.25, -0.2) is 0 Å². The highest BCUT2D eigenvalue weighted by molar-refractivity contribution is 9.10. The van der Waals surface area contributed by atoms with Crippen LogP contribution in [0.3, 0.4) is 0 Å². The average molecular weight is 381 g/mol. The molecule has 1 atom stereocenters. The molecule has 1 fully saturated rings. The molecule has 2 rings (SSSR count). The third-order valence-corrected chi connectivity index (χ3v) is 6.50. The maximum absolute atomic E-state index is 6.16. The monoisotopic (exact) mass is 379 g/mol. The van der Waals surface area contributed by atoms with E-state index in [2.05, 4.69) is 52.6 Å². The fourth-order valence-corrected chi connectivity index (χ4v) is 4.56. The summed E-state index contributed by atoms with van der Waals surface area (Å²) < 4.78 is 1.79. The fraction of sp³-hybridized carbons (Fsp3) is 0.714. The third kappa shape index (κ3) is 3.76. The van der Waals surface area contributed by atoms with Crippen LogP contribution in [0.2, 0.25) is 4.34 Å². The van der Waals surface area contributed by atoms with Crippen molar-refractivity contribution in [3.63, 3.8) is 0 Å². The SMILES string of the molecule is CC(C)(C)N1CCN(C(CN)c2cc(Br)c(Cl)s2)CC1. The minimum Gasteiger partial charge on any atom is -0.329 e. The minimum absolute atomic E-state index is 0.250. The van der Waals surface area contributed by atoms with Crippen LogP contribution in [0.1, 0.15) is 31.7 Å². The smallest absolute Gasteiger partial charge is 0.107 e. The van der Waals surface area contributed by atoms with Crippen molar-refractivity contribution < 1.29 is 0 Å². The van der Waals surface area contributed by atoms with Crippen molar-refractivity contribution in [3.05, 3.63) is 19.8 Å². The number of halogens is 2. The van der Waals surface area contributed by atoms with E-state index in [9.17, 15) is 0 Å². The van der Waals surface area contributed by atoms with Crippen LogP contribution in [-0.2, 0) is 0 Å². The van der Waals surface area contributed by atoms with E-state index in [-0.39, 0.29) is 11.6 Å². The largest absolute Gasteiger partial charge is 0.329 e. The molecule has 1 saturated heterocycles. The second kappa shape index (κ2) is 6.63. The summed E-state index contributed by atoms with van der Waals surface area (Å²) in [6.07, 6.45) is 0. The molecule has 3 nitrogen and oxygen atoms in total. The van der Waals surface area contributed by atoms with Gasteiger partial charge >= 0.3 is 0 Å². The van der Waals surface area contributed by atoms with Crippen LogP contribution in [0.25, 0.3) is 0 Å². The second-order valence-corrected chi connectivity index (χ2v) is 8.76. The zero-order valence-corrected chi connectivity index (χ0v) is 15.5. The first kappa shape index (κ1) is 16.7. The molecular formula is C14H23BrClN3S. The Hall–Kier alpha value is 0.350. The fourth-order valence-electron chi connectivity index (χ4n) is 2.68. The molecule has 0 radical (unpaired) electrons. The van der Waals surface area contributed by atoms with Crippen LogP contribution < -0.4 is 5.73 Å². The van der Waals surface area contributed by atoms with E-state index in [1.807, 2.05) is 0 Å². The summed E-state index contributed by atoms with van der Waals surface area (Å²) in [5.41, 5.74) is 6.26. The normalized spacial score (nSPS) is 20.3. The van der Waals surface area contributed by atoms with Crippen LogP contribution in [0.5, 0.6) is 0 Å². The highest BCUT2D eigenvalue weighted by Crippen LogP contribution is 2.37. The Balaban J connectivity index is 2.04.